The van der Waals surface area contributed by atoms with Crippen molar-refractivity contribution in [3.05, 3.63) is 23.8 Å². The standard InChI is InChI=1S/C26H39NO10/c1-9-24(5,6)36-22(31)34-19-12-11-18(13-20(19)35-23(32)37-25(7,8)10-2)15-26(27,21(29)30)14-16(3)33-17(4)28/h11-13,16H,9-10,14-15,27H2,1-8H3,(H,29,30)/t16-,26?/m0/s1. The number of hydrogen-bond acceptors (Lipinski definition) is 10. The van der Waals surface area contributed by atoms with Crippen LogP contribution in [0.3, 0.4) is 0 Å². The number of carboxylic acids is 1. The fourth-order valence-corrected chi connectivity index (χ4v) is 3.08. The van der Waals surface area contributed by atoms with Crippen molar-refractivity contribution in [2.75, 3.05) is 0 Å². The lowest BCUT2D eigenvalue weighted by Crippen LogP contribution is -2.52. The molecule has 0 saturated heterocycles. The van der Waals surface area contributed by atoms with Crippen molar-refractivity contribution < 1.29 is 48.0 Å². The van der Waals surface area contributed by atoms with Crippen molar-refractivity contribution in [2.45, 2.75) is 104 Å². The number of carbonyl (C=O) groups is 4. The summed E-state index contributed by atoms with van der Waals surface area (Å²) in [4.78, 5) is 48.1. The van der Waals surface area contributed by atoms with Crippen molar-refractivity contribution in [1.29, 1.82) is 0 Å². The van der Waals surface area contributed by atoms with E-state index >= 15 is 0 Å². The first-order chi connectivity index (χ1) is 16.9. The first-order valence-electron chi connectivity index (χ1n) is 12.1. The second-order valence-corrected chi connectivity index (χ2v) is 10.2. The molecule has 0 radical (unpaired) electrons. The largest absolute Gasteiger partial charge is 0.514 e. The van der Waals surface area contributed by atoms with Crippen LogP contribution in [0.2, 0.25) is 0 Å². The summed E-state index contributed by atoms with van der Waals surface area (Å²) in [5.41, 5.74) is 3.11. The van der Waals surface area contributed by atoms with Crippen LogP contribution in [0.25, 0.3) is 0 Å². The van der Waals surface area contributed by atoms with E-state index in [2.05, 4.69) is 0 Å². The molecule has 0 spiro atoms. The third-order valence-electron chi connectivity index (χ3n) is 5.78. The van der Waals surface area contributed by atoms with Crippen LogP contribution < -0.4 is 15.2 Å². The summed E-state index contributed by atoms with van der Waals surface area (Å²) < 4.78 is 26.3. The Morgan fingerprint density at radius 3 is 1.84 bits per heavy atom. The summed E-state index contributed by atoms with van der Waals surface area (Å²) in [7, 11) is 0. The van der Waals surface area contributed by atoms with Gasteiger partial charge in [0.05, 0.1) is 0 Å². The maximum absolute atomic E-state index is 12.5. The Bertz CT molecular complexity index is 988. The minimum Gasteiger partial charge on any atom is -0.480 e. The lowest BCUT2D eigenvalue weighted by atomic mass is 9.86. The van der Waals surface area contributed by atoms with E-state index in [0.29, 0.717) is 18.4 Å². The molecular weight excluding hydrogens is 486 g/mol. The Kier molecular flexibility index (Phi) is 10.9. The van der Waals surface area contributed by atoms with Gasteiger partial charge in [-0.05, 0) is 65.2 Å². The molecule has 3 N–H and O–H groups in total. The van der Waals surface area contributed by atoms with Gasteiger partial charge >= 0.3 is 24.2 Å². The van der Waals surface area contributed by atoms with Gasteiger partial charge in [-0.2, -0.15) is 0 Å². The predicted octanol–water partition coefficient (Wildman–Crippen LogP) is 4.76. The molecule has 1 unspecified atom stereocenters. The second kappa shape index (κ2) is 12.8. The van der Waals surface area contributed by atoms with Gasteiger partial charge < -0.3 is 34.5 Å². The Labute approximate surface area is 217 Å². The smallest absolute Gasteiger partial charge is 0.480 e. The lowest BCUT2D eigenvalue weighted by molar-refractivity contribution is -0.151. The quantitative estimate of drug-likeness (QED) is 0.220. The molecule has 11 nitrogen and oxygen atoms in total. The first kappa shape index (κ1) is 31.7. The molecule has 0 aliphatic heterocycles. The third-order valence-corrected chi connectivity index (χ3v) is 5.78. The van der Waals surface area contributed by atoms with Crippen LogP contribution in [0, 0.1) is 0 Å². The zero-order valence-electron chi connectivity index (χ0n) is 22.8. The number of carboxylic acid groups (broad SMARTS) is 1. The maximum atomic E-state index is 12.5. The van der Waals surface area contributed by atoms with Gasteiger partial charge in [-0.25, -0.2) is 9.59 Å². The van der Waals surface area contributed by atoms with Gasteiger partial charge in [0, 0.05) is 19.8 Å². The number of ether oxygens (including phenoxy) is 5. The average Bonchev–Trinajstić information content (AvgIpc) is 2.73. The van der Waals surface area contributed by atoms with Gasteiger partial charge in [-0.3, -0.25) is 9.59 Å². The summed E-state index contributed by atoms with van der Waals surface area (Å²) in [6.45, 7) is 13.2. The van der Waals surface area contributed by atoms with E-state index in [1.807, 2.05) is 13.8 Å². The van der Waals surface area contributed by atoms with Crippen LogP contribution in [0.15, 0.2) is 18.2 Å². The summed E-state index contributed by atoms with van der Waals surface area (Å²) >= 11 is 0. The van der Waals surface area contributed by atoms with Crippen molar-refractivity contribution in [3.8, 4) is 11.5 Å². The van der Waals surface area contributed by atoms with Gasteiger partial charge in [-0.1, -0.05) is 19.9 Å². The zero-order chi connectivity index (χ0) is 28.6. The Balaban J connectivity index is 3.31. The van der Waals surface area contributed by atoms with Gasteiger partial charge in [0.2, 0.25) is 0 Å². The highest BCUT2D eigenvalue weighted by molar-refractivity contribution is 5.79. The van der Waals surface area contributed by atoms with Crippen LogP contribution in [0.5, 0.6) is 11.5 Å². The van der Waals surface area contributed by atoms with Gasteiger partial charge in [0.15, 0.2) is 11.5 Å². The van der Waals surface area contributed by atoms with E-state index < -0.39 is 47.1 Å². The van der Waals surface area contributed by atoms with Crippen LogP contribution in [-0.2, 0) is 30.2 Å². The van der Waals surface area contributed by atoms with E-state index in [4.69, 9.17) is 29.4 Å². The highest BCUT2D eigenvalue weighted by atomic mass is 16.8. The van der Waals surface area contributed by atoms with E-state index in [9.17, 15) is 24.3 Å². The molecule has 11 heteroatoms. The number of rotatable bonds is 12. The fraction of sp³-hybridized carbons (Fsp3) is 0.615. The summed E-state index contributed by atoms with van der Waals surface area (Å²) in [5.74, 6) is -2.22. The first-order valence-corrected chi connectivity index (χ1v) is 12.1. The highest BCUT2D eigenvalue weighted by Gasteiger charge is 2.37. The van der Waals surface area contributed by atoms with Gasteiger partial charge in [0.1, 0.15) is 22.8 Å². The molecule has 37 heavy (non-hydrogen) atoms. The number of carbonyl (C=O) groups excluding carboxylic acids is 3. The van der Waals surface area contributed by atoms with Crippen molar-refractivity contribution >= 4 is 24.2 Å². The molecule has 0 aliphatic rings. The van der Waals surface area contributed by atoms with Crippen molar-refractivity contribution in [1.82, 2.24) is 0 Å². The van der Waals surface area contributed by atoms with Crippen LogP contribution in [-0.4, -0.2) is 52.2 Å². The zero-order valence-corrected chi connectivity index (χ0v) is 22.8. The van der Waals surface area contributed by atoms with Gasteiger partial charge in [-0.15, -0.1) is 0 Å². The van der Waals surface area contributed by atoms with Crippen LogP contribution in [0.1, 0.15) is 80.2 Å². The molecule has 0 heterocycles. The molecule has 0 aromatic heterocycles. The highest BCUT2D eigenvalue weighted by Crippen LogP contribution is 2.32. The summed E-state index contributed by atoms with van der Waals surface area (Å²) in [6, 6.07) is 4.14. The summed E-state index contributed by atoms with van der Waals surface area (Å²) in [6.07, 6.45) is -2.17. The molecule has 2 atom stereocenters. The topological polar surface area (TPSA) is 161 Å². The number of esters is 1. The van der Waals surface area contributed by atoms with E-state index in [0.717, 1.165) is 0 Å². The Morgan fingerprint density at radius 2 is 1.41 bits per heavy atom. The van der Waals surface area contributed by atoms with E-state index in [-0.39, 0.29) is 24.3 Å². The van der Waals surface area contributed by atoms with Gasteiger partial charge in [0.25, 0.3) is 0 Å². The number of nitrogens with two attached hydrogens (primary N) is 1. The monoisotopic (exact) mass is 525 g/mol. The molecule has 208 valence electrons. The average molecular weight is 526 g/mol. The summed E-state index contributed by atoms with van der Waals surface area (Å²) in [5, 5.41) is 9.79. The minimum absolute atomic E-state index is 0.141. The SMILES string of the molecule is CCC(C)(C)OC(=O)Oc1ccc(CC(N)(C[C@H](C)OC(C)=O)C(=O)O)cc1OC(=O)OC(C)(C)CC. The van der Waals surface area contributed by atoms with Crippen molar-refractivity contribution in [2.24, 2.45) is 5.73 Å². The molecule has 0 bridgehead atoms. The maximum Gasteiger partial charge on any atom is 0.514 e. The number of hydrogen-bond donors (Lipinski definition) is 2. The molecule has 0 aliphatic carbocycles. The fourth-order valence-electron chi connectivity index (χ4n) is 3.08. The molecule has 0 fully saturated rings. The van der Waals surface area contributed by atoms with Crippen LogP contribution in [0.4, 0.5) is 9.59 Å². The predicted molar refractivity (Wildman–Crippen MR) is 134 cm³/mol. The van der Waals surface area contributed by atoms with E-state index in [1.54, 1.807) is 27.7 Å². The normalized spacial score (nSPS) is 14.1. The Morgan fingerprint density at radius 1 is 0.919 bits per heavy atom. The van der Waals surface area contributed by atoms with Crippen LogP contribution >= 0.6 is 0 Å². The molecule has 0 saturated carbocycles. The van der Waals surface area contributed by atoms with Crippen molar-refractivity contribution in [3.63, 3.8) is 0 Å². The molecule has 1 aromatic carbocycles. The number of benzene rings is 1. The lowest BCUT2D eigenvalue weighted by Gasteiger charge is -2.28. The molecule has 1 rings (SSSR count). The van der Waals surface area contributed by atoms with E-state index in [1.165, 1.54) is 32.0 Å². The molecule has 0 amide bonds. The number of aliphatic carboxylic acids is 1. The molecular formula is C26H39NO10. The Hall–Kier alpha value is -3.34. The minimum atomic E-state index is -1.82. The third kappa shape index (κ3) is 10.7. The second-order valence-electron chi connectivity index (χ2n) is 10.2. The molecule has 1 aromatic rings.